The largest absolute Gasteiger partial charge is 0.469 e. The number of likely N-dealkylation sites (tertiary alicyclic amines) is 1. The smallest absolute Gasteiger partial charge is 0.311 e. The lowest BCUT2D eigenvalue weighted by atomic mass is 9.99. The van der Waals surface area contributed by atoms with E-state index in [4.69, 9.17) is 4.74 Å². The standard InChI is InChI=1S/C25H20FN3O3S/c1-32-25(31)17-13-29(14-17)12-15-7-8-18(19(26)11-15)23-28-21-10-9-20(27-24(21)33-23)22(30)16-5-3-2-4-6-16/h2-11,17H,12-14H2,1H3. The highest BCUT2D eigenvalue weighted by Crippen LogP contribution is 2.32. The fourth-order valence-corrected chi connectivity index (χ4v) is 4.86. The zero-order chi connectivity index (χ0) is 22.9. The molecule has 8 heteroatoms. The van der Waals surface area contributed by atoms with Crippen molar-refractivity contribution in [3.63, 3.8) is 0 Å². The molecular formula is C25H20FN3O3S. The number of rotatable bonds is 6. The van der Waals surface area contributed by atoms with Crippen LogP contribution >= 0.6 is 11.3 Å². The van der Waals surface area contributed by atoms with Gasteiger partial charge in [0.05, 0.1) is 13.0 Å². The van der Waals surface area contributed by atoms with E-state index in [1.165, 1.54) is 24.5 Å². The van der Waals surface area contributed by atoms with Crippen molar-refractivity contribution in [2.24, 2.45) is 5.92 Å². The minimum absolute atomic E-state index is 0.104. The number of ketones is 1. The first-order chi connectivity index (χ1) is 16.0. The van der Waals surface area contributed by atoms with Gasteiger partial charge in [0.1, 0.15) is 26.9 Å². The number of carbonyl (C=O) groups is 2. The zero-order valence-corrected chi connectivity index (χ0v) is 18.6. The monoisotopic (exact) mass is 461 g/mol. The van der Waals surface area contributed by atoms with E-state index in [0.717, 1.165) is 5.56 Å². The van der Waals surface area contributed by atoms with Gasteiger partial charge in [-0.1, -0.05) is 47.7 Å². The van der Waals surface area contributed by atoms with Crippen LogP contribution in [0.5, 0.6) is 0 Å². The molecule has 2 aromatic heterocycles. The van der Waals surface area contributed by atoms with Gasteiger partial charge in [0.2, 0.25) is 5.78 Å². The molecule has 1 saturated heterocycles. The molecule has 0 aliphatic carbocycles. The van der Waals surface area contributed by atoms with E-state index in [2.05, 4.69) is 14.9 Å². The quantitative estimate of drug-likeness (QED) is 0.314. The fourth-order valence-electron chi connectivity index (χ4n) is 3.90. The van der Waals surface area contributed by atoms with Gasteiger partial charge in [-0.3, -0.25) is 14.5 Å². The van der Waals surface area contributed by atoms with Crippen molar-refractivity contribution < 1.29 is 18.7 Å². The summed E-state index contributed by atoms with van der Waals surface area (Å²) in [6.07, 6.45) is 0. The van der Waals surface area contributed by atoms with Crippen molar-refractivity contribution in [2.75, 3.05) is 20.2 Å². The molecule has 0 atom stereocenters. The zero-order valence-electron chi connectivity index (χ0n) is 17.8. The predicted octanol–water partition coefficient (Wildman–Crippen LogP) is 4.33. The number of esters is 1. The van der Waals surface area contributed by atoms with Crippen LogP contribution in [0.25, 0.3) is 20.9 Å². The van der Waals surface area contributed by atoms with Crippen LogP contribution in [0.2, 0.25) is 0 Å². The van der Waals surface area contributed by atoms with Crippen LogP contribution in [0, 0.1) is 11.7 Å². The number of pyridine rings is 1. The van der Waals surface area contributed by atoms with Crippen molar-refractivity contribution >= 4 is 33.4 Å². The molecule has 0 unspecified atom stereocenters. The topological polar surface area (TPSA) is 72.4 Å². The van der Waals surface area contributed by atoms with Gasteiger partial charge < -0.3 is 4.74 Å². The Hall–Kier alpha value is -3.49. The first-order valence-corrected chi connectivity index (χ1v) is 11.3. The molecule has 1 fully saturated rings. The van der Waals surface area contributed by atoms with E-state index < -0.39 is 0 Å². The number of fused-ring (bicyclic) bond motifs is 1. The molecule has 33 heavy (non-hydrogen) atoms. The molecule has 0 N–H and O–H groups in total. The summed E-state index contributed by atoms with van der Waals surface area (Å²) in [6, 6.07) is 17.4. The van der Waals surface area contributed by atoms with E-state index in [-0.39, 0.29) is 23.5 Å². The van der Waals surface area contributed by atoms with E-state index in [1.807, 2.05) is 24.3 Å². The average molecular weight is 462 g/mol. The SMILES string of the molecule is COC(=O)C1CN(Cc2ccc(-c3nc4ccc(C(=O)c5ccccc5)nc4s3)c(F)c2)C1. The Kier molecular flexibility index (Phi) is 5.70. The van der Waals surface area contributed by atoms with Crippen LogP contribution in [0.3, 0.4) is 0 Å². The molecule has 4 aromatic rings. The van der Waals surface area contributed by atoms with Crippen LogP contribution in [0.4, 0.5) is 4.39 Å². The Labute approximate surface area is 193 Å². The summed E-state index contributed by atoms with van der Waals surface area (Å²) in [4.78, 5) is 35.8. The van der Waals surface area contributed by atoms with Crippen molar-refractivity contribution in [3.8, 4) is 10.6 Å². The summed E-state index contributed by atoms with van der Waals surface area (Å²) in [5.74, 6) is -0.834. The van der Waals surface area contributed by atoms with Crippen molar-refractivity contribution in [1.29, 1.82) is 0 Å². The third-order valence-electron chi connectivity index (χ3n) is 5.69. The minimum atomic E-state index is -0.364. The summed E-state index contributed by atoms with van der Waals surface area (Å²) in [5, 5.41) is 0.514. The minimum Gasteiger partial charge on any atom is -0.469 e. The molecule has 0 bridgehead atoms. The maximum Gasteiger partial charge on any atom is 0.311 e. The van der Waals surface area contributed by atoms with Gasteiger partial charge in [-0.15, -0.1) is 0 Å². The number of nitrogens with zero attached hydrogens (tertiary/aromatic N) is 3. The number of aromatic nitrogens is 2. The maximum absolute atomic E-state index is 14.9. The summed E-state index contributed by atoms with van der Waals surface area (Å²) < 4.78 is 19.7. The molecule has 0 amide bonds. The maximum atomic E-state index is 14.9. The lowest BCUT2D eigenvalue weighted by Gasteiger charge is -2.37. The lowest BCUT2D eigenvalue weighted by molar-refractivity contribution is -0.151. The fraction of sp³-hybridized carbons (Fsp3) is 0.200. The number of ether oxygens (including phenoxy) is 1. The second kappa shape index (κ2) is 8.80. The normalized spacial score (nSPS) is 14.2. The van der Waals surface area contributed by atoms with Gasteiger partial charge in [-0.05, 0) is 29.8 Å². The molecule has 1 aliphatic heterocycles. The summed E-state index contributed by atoms with van der Waals surface area (Å²) in [6.45, 7) is 1.80. The first-order valence-electron chi connectivity index (χ1n) is 10.5. The predicted molar refractivity (Wildman–Crippen MR) is 123 cm³/mol. The van der Waals surface area contributed by atoms with E-state index >= 15 is 0 Å². The van der Waals surface area contributed by atoms with Crippen LogP contribution in [0.15, 0.2) is 60.7 Å². The molecule has 166 valence electrons. The highest BCUT2D eigenvalue weighted by atomic mass is 32.1. The lowest BCUT2D eigenvalue weighted by Crippen LogP contribution is -2.49. The molecule has 0 radical (unpaired) electrons. The van der Waals surface area contributed by atoms with Gasteiger partial charge in [0.15, 0.2) is 0 Å². The number of carbonyl (C=O) groups excluding carboxylic acids is 2. The highest BCUT2D eigenvalue weighted by molar-refractivity contribution is 7.21. The number of halogens is 1. The number of benzene rings is 2. The number of hydrogen-bond acceptors (Lipinski definition) is 7. The second-order valence-electron chi connectivity index (χ2n) is 7.96. The van der Waals surface area contributed by atoms with E-state index in [0.29, 0.717) is 51.8 Å². The first kappa shape index (κ1) is 21.4. The van der Waals surface area contributed by atoms with Crippen molar-refractivity contribution in [1.82, 2.24) is 14.9 Å². The molecule has 1 aliphatic rings. The molecule has 6 nitrogen and oxygen atoms in total. The number of hydrogen-bond donors (Lipinski definition) is 0. The van der Waals surface area contributed by atoms with Crippen molar-refractivity contribution in [3.05, 3.63) is 83.3 Å². The van der Waals surface area contributed by atoms with Gasteiger partial charge in [-0.2, -0.15) is 0 Å². The molecule has 5 rings (SSSR count). The van der Waals surface area contributed by atoms with Gasteiger partial charge in [0.25, 0.3) is 0 Å². The van der Waals surface area contributed by atoms with E-state index in [1.54, 1.807) is 30.3 Å². The summed E-state index contributed by atoms with van der Waals surface area (Å²) in [5.41, 5.74) is 2.75. The molecule has 3 heterocycles. The summed E-state index contributed by atoms with van der Waals surface area (Å²) in [7, 11) is 1.39. The number of thiazole rings is 1. The molecular weight excluding hydrogens is 441 g/mol. The molecule has 2 aromatic carbocycles. The Morgan fingerprint density at radius 1 is 1.09 bits per heavy atom. The number of methoxy groups -OCH3 is 1. The molecule has 0 spiro atoms. The van der Waals surface area contributed by atoms with Gasteiger partial charge >= 0.3 is 5.97 Å². The van der Waals surface area contributed by atoms with Crippen molar-refractivity contribution in [2.45, 2.75) is 6.54 Å². The second-order valence-corrected chi connectivity index (χ2v) is 8.94. The average Bonchev–Trinajstić information content (AvgIpc) is 3.23. The van der Waals surface area contributed by atoms with Crippen LogP contribution in [0.1, 0.15) is 21.6 Å². The summed E-state index contributed by atoms with van der Waals surface area (Å²) >= 11 is 1.26. The van der Waals surface area contributed by atoms with Gasteiger partial charge in [-0.25, -0.2) is 14.4 Å². The molecule has 0 saturated carbocycles. The Bertz CT molecular complexity index is 1350. The Morgan fingerprint density at radius 2 is 1.88 bits per heavy atom. The van der Waals surface area contributed by atoms with E-state index in [9.17, 15) is 14.0 Å². The third kappa shape index (κ3) is 4.27. The Morgan fingerprint density at radius 3 is 2.61 bits per heavy atom. The third-order valence-corrected chi connectivity index (χ3v) is 6.68. The Balaban J connectivity index is 1.34. The van der Waals surface area contributed by atoms with Crippen LogP contribution in [-0.4, -0.2) is 46.8 Å². The van der Waals surface area contributed by atoms with Gasteiger partial charge in [0, 0.05) is 30.8 Å². The van der Waals surface area contributed by atoms with Crippen LogP contribution < -0.4 is 0 Å². The highest BCUT2D eigenvalue weighted by Gasteiger charge is 2.33. The van der Waals surface area contributed by atoms with Crippen LogP contribution in [-0.2, 0) is 16.1 Å².